The zero-order valence-electron chi connectivity index (χ0n) is 10.8. The molecule has 2 fully saturated rings. The molecule has 2 rings (SSSR count). The van der Waals surface area contributed by atoms with E-state index < -0.39 is 10.2 Å². The average molecular weight is 298 g/mol. The van der Waals surface area contributed by atoms with Crippen molar-refractivity contribution in [2.75, 3.05) is 19.6 Å². The van der Waals surface area contributed by atoms with Gasteiger partial charge in [-0.1, -0.05) is 6.92 Å². The van der Waals surface area contributed by atoms with Gasteiger partial charge in [-0.15, -0.1) is 12.4 Å². The van der Waals surface area contributed by atoms with Gasteiger partial charge in [-0.3, -0.25) is 0 Å². The summed E-state index contributed by atoms with van der Waals surface area (Å²) in [6, 6.07) is -0.0199. The molecule has 0 spiro atoms. The fourth-order valence-corrected chi connectivity index (χ4v) is 3.49. The summed E-state index contributed by atoms with van der Waals surface area (Å²) in [5.74, 6) is 1.16. The average Bonchev–Trinajstić information content (AvgIpc) is 3.10. The highest BCUT2D eigenvalue weighted by atomic mass is 35.5. The summed E-state index contributed by atoms with van der Waals surface area (Å²) in [7, 11) is -3.30. The first kappa shape index (κ1) is 16.2. The molecular weight excluding hydrogens is 274 g/mol. The minimum atomic E-state index is -3.30. The second-order valence-corrected chi connectivity index (χ2v) is 7.19. The Morgan fingerprint density at radius 2 is 1.83 bits per heavy atom. The Morgan fingerprint density at radius 1 is 1.28 bits per heavy atom. The maximum absolute atomic E-state index is 12.0. The number of nitrogens with two attached hydrogens (primary N) is 1. The van der Waals surface area contributed by atoms with Crippen LogP contribution in [0.1, 0.15) is 32.6 Å². The summed E-state index contributed by atoms with van der Waals surface area (Å²) in [5, 5.41) is 0. The molecule has 3 N–H and O–H groups in total. The third kappa shape index (κ3) is 4.35. The Bertz CT molecular complexity index is 351. The van der Waals surface area contributed by atoms with E-state index in [0.717, 1.165) is 25.7 Å². The first-order valence-electron chi connectivity index (χ1n) is 6.49. The largest absolute Gasteiger partial charge is 0.326 e. The molecule has 1 saturated heterocycles. The maximum Gasteiger partial charge on any atom is 0.279 e. The molecule has 0 amide bonds. The van der Waals surface area contributed by atoms with E-state index in [0.29, 0.717) is 31.5 Å². The molecule has 1 aliphatic heterocycles. The van der Waals surface area contributed by atoms with Crippen LogP contribution in [0.5, 0.6) is 0 Å². The van der Waals surface area contributed by atoms with Crippen LogP contribution in [0.25, 0.3) is 0 Å². The summed E-state index contributed by atoms with van der Waals surface area (Å²) in [6.45, 7) is 3.81. The Hall–Kier alpha value is 0.120. The molecule has 0 aromatic rings. The summed E-state index contributed by atoms with van der Waals surface area (Å²) >= 11 is 0. The fraction of sp³-hybridized carbons (Fsp3) is 1.00. The number of nitrogens with zero attached hydrogens (tertiary/aromatic N) is 1. The number of halogens is 1. The summed E-state index contributed by atoms with van der Waals surface area (Å²) in [4.78, 5) is 0. The molecule has 7 heteroatoms. The minimum absolute atomic E-state index is 0. The molecular formula is C11H24ClN3O2S. The van der Waals surface area contributed by atoms with Crippen molar-refractivity contribution in [1.82, 2.24) is 9.03 Å². The maximum atomic E-state index is 12.0. The molecule has 2 aliphatic rings. The third-order valence-electron chi connectivity index (χ3n) is 3.81. The van der Waals surface area contributed by atoms with E-state index >= 15 is 0 Å². The Labute approximate surface area is 116 Å². The Balaban J connectivity index is 0.00000162. The van der Waals surface area contributed by atoms with Crippen molar-refractivity contribution in [2.45, 2.75) is 38.6 Å². The number of hydrogen-bond acceptors (Lipinski definition) is 3. The molecule has 1 aliphatic carbocycles. The van der Waals surface area contributed by atoms with Gasteiger partial charge >= 0.3 is 0 Å². The van der Waals surface area contributed by atoms with E-state index in [1.54, 1.807) is 4.31 Å². The van der Waals surface area contributed by atoms with Gasteiger partial charge in [-0.2, -0.15) is 12.7 Å². The van der Waals surface area contributed by atoms with Crippen LogP contribution in [0.2, 0.25) is 0 Å². The predicted octanol–water partition coefficient (Wildman–Crippen LogP) is 0.712. The molecule has 0 aromatic carbocycles. The third-order valence-corrected chi connectivity index (χ3v) is 5.39. The molecule has 1 saturated carbocycles. The summed E-state index contributed by atoms with van der Waals surface area (Å²) in [5.41, 5.74) is 5.89. The highest BCUT2D eigenvalue weighted by Crippen LogP contribution is 2.31. The van der Waals surface area contributed by atoms with Gasteiger partial charge < -0.3 is 5.73 Å². The van der Waals surface area contributed by atoms with Gasteiger partial charge in [0.1, 0.15) is 0 Å². The van der Waals surface area contributed by atoms with Gasteiger partial charge in [0.25, 0.3) is 10.2 Å². The van der Waals surface area contributed by atoms with Crippen LogP contribution in [0.4, 0.5) is 0 Å². The number of piperidine rings is 1. The first-order chi connectivity index (χ1) is 7.99. The monoisotopic (exact) mass is 297 g/mol. The zero-order chi connectivity index (χ0) is 12.5. The quantitative estimate of drug-likeness (QED) is 0.785. The van der Waals surface area contributed by atoms with Crippen LogP contribution in [-0.2, 0) is 10.2 Å². The Morgan fingerprint density at radius 3 is 2.33 bits per heavy atom. The van der Waals surface area contributed by atoms with Crippen LogP contribution in [-0.4, -0.2) is 38.4 Å². The van der Waals surface area contributed by atoms with Crippen LogP contribution in [0.15, 0.2) is 0 Å². The fourth-order valence-electron chi connectivity index (χ4n) is 2.21. The van der Waals surface area contributed by atoms with Crippen molar-refractivity contribution in [3.05, 3.63) is 0 Å². The molecule has 0 radical (unpaired) electrons. The molecule has 0 aromatic heterocycles. The smallest absolute Gasteiger partial charge is 0.279 e. The van der Waals surface area contributed by atoms with E-state index in [4.69, 9.17) is 5.73 Å². The topological polar surface area (TPSA) is 75.4 Å². The van der Waals surface area contributed by atoms with E-state index in [9.17, 15) is 8.42 Å². The molecule has 1 atom stereocenters. The molecule has 0 bridgehead atoms. The molecule has 1 unspecified atom stereocenters. The van der Waals surface area contributed by atoms with E-state index in [2.05, 4.69) is 11.6 Å². The van der Waals surface area contributed by atoms with Gasteiger partial charge in [0, 0.05) is 25.7 Å². The van der Waals surface area contributed by atoms with Crippen molar-refractivity contribution in [2.24, 2.45) is 17.6 Å². The van der Waals surface area contributed by atoms with Gasteiger partial charge in [-0.25, -0.2) is 4.72 Å². The zero-order valence-corrected chi connectivity index (χ0v) is 12.5. The normalized spacial score (nSPS) is 24.6. The van der Waals surface area contributed by atoms with Crippen molar-refractivity contribution in [3.8, 4) is 0 Å². The second-order valence-electron chi connectivity index (χ2n) is 5.44. The van der Waals surface area contributed by atoms with Crippen LogP contribution < -0.4 is 10.5 Å². The standard InChI is InChI=1S/C11H23N3O2S.ClH/c1-9-4-6-14(7-5-9)17(15,16)13-8-11(12)10-2-3-10;/h9-11,13H,2-8,12H2,1H3;1H. The van der Waals surface area contributed by atoms with E-state index in [-0.39, 0.29) is 18.4 Å². The lowest BCUT2D eigenvalue weighted by Crippen LogP contribution is -2.48. The van der Waals surface area contributed by atoms with Crippen LogP contribution in [0, 0.1) is 11.8 Å². The van der Waals surface area contributed by atoms with Gasteiger partial charge in [0.05, 0.1) is 0 Å². The predicted molar refractivity (Wildman–Crippen MR) is 74.8 cm³/mol. The molecule has 18 heavy (non-hydrogen) atoms. The molecule has 1 heterocycles. The lowest BCUT2D eigenvalue weighted by atomic mass is 10.0. The number of rotatable bonds is 5. The minimum Gasteiger partial charge on any atom is -0.326 e. The van der Waals surface area contributed by atoms with Gasteiger partial charge in [0.15, 0.2) is 0 Å². The highest BCUT2D eigenvalue weighted by molar-refractivity contribution is 7.87. The van der Waals surface area contributed by atoms with Crippen molar-refractivity contribution < 1.29 is 8.42 Å². The van der Waals surface area contributed by atoms with Crippen molar-refractivity contribution >= 4 is 22.6 Å². The second kappa shape index (κ2) is 6.52. The summed E-state index contributed by atoms with van der Waals surface area (Å²) < 4.78 is 28.2. The lowest BCUT2D eigenvalue weighted by Gasteiger charge is -2.29. The number of hydrogen-bond donors (Lipinski definition) is 2. The van der Waals surface area contributed by atoms with Gasteiger partial charge in [0.2, 0.25) is 0 Å². The van der Waals surface area contributed by atoms with Gasteiger partial charge in [-0.05, 0) is 37.5 Å². The molecule has 5 nitrogen and oxygen atoms in total. The lowest BCUT2D eigenvalue weighted by molar-refractivity contribution is 0.284. The van der Waals surface area contributed by atoms with Crippen molar-refractivity contribution in [3.63, 3.8) is 0 Å². The van der Waals surface area contributed by atoms with Crippen molar-refractivity contribution in [1.29, 1.82) is 0 Å². The SMILES string of the molecule is CC1CCN(S(=O)(=O)NCC(N)C2CC2)CC1.Cl. The summed E-state index contributed by atoms with van der Waals surface area (Å²) in [6.07, 6.45) is 4.19. The molecule has 108 valence electrons. The first-order valence-corrected chi connectivity index (χ1v) is 7.93. The van der Waals surface area contributed by atoms with Crippen LogP contribution >= 0.6 is 12.4 Å². The Kier molecular flexibility index (Phi) is 5.86. The van der Waals surface area contributed by atoms with E-state index in [1.165, 1.54) is 0 Å². The van der Waals surface area contributed by atoms with Crippen LogP contribution in [0.3, 0.4) is 0 Å². The van der Waals surface area contributed by atoms with E-state index in [1.807, 2.05) is 0 Å². The highest BCUT2D eigenvalue weighted by Gasteiger charge is 2.31. The number of nitrogens with one attached hydrogen (secondary N) is 1.